The molecule has 0 atom stereocenters. The number of nitrogens with zero attached hydrogens (tertiary/aromatic N) is 2. The van der Waals surface area contributed by atoms with Crippen LogP contribution in [0.3, 0.4) is 0 Å². The van der Waals surface area contributed by atoms with E-state index in [1.807, 2.05) is 30.3 Å². The number of pyridine rings is 1. The molecule has 1 aliphatic rings. The molecular weight excluding hydrogens is 430 g/mol. The fourth-order valence-corrected chi connectivity index (χ4v) is 3.71. The van der Waals surface area contributed by atoms with Crippen LogP contribution in [0.15, 0.2) is 97.2 Å². The third-order valence-corrected chi connectivity index (χ3v) is 5.38. The van der Waals surface area contributed by atoms with Crippen LogP contribution in [0.4, 0.5) is 11.4 Å². The Hall–Kier alpha value is -4.78. The Morgan fingerprint density at radius 1 is 0.824 bits per heavy atom. The molecule has 1 aromatic heterocycles. The number of amides is 3. The Morgan fingerprint density at radius 3 is 2.26 bits per heavy atom. The Kier molecular flexibility index (Phi) is 5.58. The number of fused-ring (bicyclic) bond motifs is 1. The van der Waals surface area contributed by atoms with Crippen LogP contribution in [0.25, 0.3) is 0 Å². The summed E-state index contributed by atoms with van der Waals surface area (Å²) in [5.74, 6) is -0.820. The van der Waals surface area contributed by atoms with Crippen LogP contribution in [0.2, 0.25) is 0 Å². The van der Waals surface area contributed by atoms with E-state index in [1.54, 1.807) is 60.7 Å². The minimum Gasteiger partial charge on any atom is -0.473 e. The lowest BCUT2D eigenvalue weighted by molar-refractivity contribution is 0.0925. The van der Waals surface area contributed by atoms with E-state index >= 15 is 0 Å². The summed E-state index contributed by atoms with van der Waals surface area (Å²) in [4.78, 5) is 43.6. The molecule has 0 radical (unpaired) electrons. The first-order valence-corrected chi connectivity index (χ1v) is 10.6. The van der Waals surface area contributed by atoms with Gasteiger partial charge in [-0.25, -0.2) is 9.88 Å². The maximum atomic E-state index is 12.8. The number of rotatable bonds is 6. The van der Waals surface area contributed by atoms with E-state index in [0.717, 1.165) is 10.5 Å². The molecule has 34 heavy (non-hydrogen) atoms. The lowest BCUT2D eigenvalue weighted by Crippen LogP contribution is -2.29. The molecule has 166 valence electrons. The molecule has 0 spiro atoms. The van der Waals surface area contributed by atoms with Gasteiger partial charge in [0.05, 0.1) is 16.8 Å². The highest BCUT2D eigenvalue weighted by Gasteiger charge is 2.36. The van der Waals surface area contributed by atoms with Crippen molar-refractivity contribution in [3.63, 3.8) is 0 Å². The topological polar surface area (TPSA) is 88.6 Å². The molecular formula is C27H19N3O4. The fraction of sp³-hybridized carbons (Fsp3) is 0.0370. The second-order valence-electron chi connectivity index (χ2n) is 7.65. The normalized spacial score (nSPS) is 12.4. The lowest BCUT2D eigenvalue weighted by Gasteiger charge is -2.15. The van der Waals surface area contributed by atoms with Gasteiger partial charge in [0, 0.05) is 23.5 Å². The summed E-state index contributed by atoms with van der Waals surface area (Å²) in [5.41, 5.74) is 2.91. The van der Waals surface area contributed by atoms with E-state index in [2.05, 4.69) is 10.3 Å². The van der Waals surface area contributed by atoms with Crippen molar-refractivity contribution in [2.45, 2.75) is 6.61 Å². The van der Waals surface area contributed by atoms with Crippen LogP contribution >= 0.6 is 0 Å². The molecule has 4 aromatic rings. The highest BCUT2D eigenvalue weighted by Crippen LogP contribution is 2.30. The van der Waals surface area contributed by atoms with Crippen molar-refractivity contribution in [3.05, 3.63) is 119 Å². The van der Waals surface area contributed by atoms with Gasteiger partial charge in [-0.3, -0.25) is 14.4 Å². The molecule has 3 aromatic carbocycles. The summed E-state index contributed by atoms with van der Waals surface area (Å²) >= 11 is 0. The average Bonchev–Trinajstić information content (AvgIpc) is 3.13. The number of benzene rings is 3. The summed E-state index contributed by atoms with van der Waals surface area (Å²) in [5, 5.41) is 2.80. The van der Waals surface area contributed by atoms with Gasteiger partial charge in [-0.1, -0.05) is 48.5 Å². The van der Waals surface area contributed by atoms with Crippen LogP contribution in [0, 0.1) is 0 Å². The molecule has 5 rings (SSSR count). The third kappa shape index (κ3) is 4.14. The molecule has 0 saturated carbocycles. The smallest absolute Gasteiger partial charge is 0.266 e. The van der Waals surface area contributed by atoms with Crippen molar-refractivity contribution >= 4 is 29.1 Å². The minimum absolute atomic E-state index is 0.330. The number of imide groups is 1. The van der Waals surface area contributed by atoms with E-state index < -0.39 is 11.8 Å². The number of ether oxygens (including phenoxy) is 1. The molecule has 0 saturated heterocycles. The average molecular weight is 449 g/mol. The Bertz CT molecular complexity index is 1370. The molecule has 3 amide bonds. The van der Waals surface area contributed by atoms with Crippen molar-refractivity contribution in [1.29, 1.82) is 0 Å². The van der Waals surface area contributed by atoms with Gasteiger partial charge in [-0.15, -0.1) is 0 Å². The number of carbonyl (C=O) groups is 3. The van der Waals surface area contributed by atoms with Crippen LogP contribution in [-0.2, 0) is 6.61 Å². The molecule has 0 unspecified atom stereocenters. The molecule has 1 N–H and O–H groups in total. The van der Waals surface area contributed by atoms with Gasteiger partial charge in [0.15, 0.2) is 0 Å². The number of hydrogen-bond acceptors (Lipinski definition) is 5. The Labute approximate surface area is 195 Å². The standard InChI is InChI=1S/C27H19N3O4/c31-25(19-13-14-28-24(15-19)34-17-18-7-2-1-3-8-18)29-20-9-6-10-21(16-20)30-26(32)22-11-4-5-12-23(22)27(30)33/h1-16H,17H2,(H,29,31). The summed E-state index contributed by atoms with van der Waals surface area (Å²) in [6.07, 6.45) is 1.50. The second kappa shape index (κ2) is 8.99. The first-order valence-electron chi connectivity index (χ1n) is 10.6. The molecule has 1 aliphatic heterocycles. The number of hydrogen-bond donors (Lipinski definition) is 1. The second-order valence-corrected chi connectivity index (χ2v) is 7.65. The molecule has 0 aliphatic carbocycles. The first kappa shape index (κ1) is 21.1. The monoisotopic (exact) mass is 449 g/mol. The van der Waals surface area contributed by atoms with Crippen LogP contribution in [0.5, 0.6) is 5.88 Å². The molecule has 7 nitrogen and oxygen atoms in total. The predicted molar refractivity (Wildman–Crippen MR) is 127 cm³/mol. The highest BCUT2D eigenvalue weighted by molar-refractivity contribution is 6.34. The summed E-state index contributed by atoms with van der Waals surface area (Å²) in [6.45, 7) is 0.335. The van der Waals surface area contributed by atoms with Crippen molar-refractivity contribution < 1.29 is 19.1 Å². The highest BCUT2D eigenvalue weighted by atomic mass is 16.5. The lowest BCUT2D eigenvalue weighted by atomic mass is 10.1. The van der Waals surface area contributed by atoms with Crippen molar-refractivity contribution in [3.8, 4) is 5.88 Å². The molecule has 2 heterocycles. The van der Waals surface area contributed by atoms with Gasteiger partial charge in [0.25, 0.3) is 17.7 Å². The number of carbonyl (C=O) groups excluding carboxylic acids is 3. The van der Waals surface area contributed by atoms with E-state index in [1.165, 1.54) is 6.20 Å². The Balaban J connectivity index is 1.30. The first-order chi connectivity index (χ1) is 16.6. The van der Waals surface area contributed by atoms with Gasteiger partial charge in [0.1, 0.15) is 6.61 Å². The maximum Gasteiger partial charge on any atom is 0.266 e. The summed E-state index contributed by atoms with van der Waals surface area (Å²) in [6, 6.07) is 26.1. The maximum absolute atomic E-state index is 12.8. The van der Waals surface area contributed by atoms with Crippen LogP contribution in [-0.4, -0.2) is 22.7 Å². The van der Waals surface area contributed by atoms with Crippen molar-refractivity contribution in [2.75, 3.05) is 10.2 Å². The van der Waals surface area contributed by atoms with E-state index in [0.29, 0.717) is 40.6 Å². The SMILES string of the molecule is O=C(Nc1cccc(N2C(=O)c3ccccc3C2=O)c1)c1ccnc(OCc2ccccc2)c1. The van der Waals surface area contributed by atoms with Gasteiger partial charge in [-0.2, -0.15) is 0 Å². The van der Waals surface area contributed by atoms with E-state index in [9.17, 15) is 14.4 Å². The van der Waals surface area contributed by atoms with Gasteiger partial charge in [0.2, 0.25) is 5.88 Å². The largest absolute Gasteiger partial charge is 0.473 e. The molecule has 7 heteroatoms. The number of nitrogens with one attached hydrogen (secondary N) is 1. The van der Waals surface area contributed by atoms with Crippen molar-refractivity contribution in [1.82, 2.24) is 4.98 Å². The summed E-state index contributed by atoms with van der Waals surface area (Å²) in [7, 11) is 0. The predicted octanol–water partition coefficient (Wildman–Crippen LogP) is 4.71. The molecule has 0 fully saturated rings. The Morgan fingerprint density at radius 2 is 1.53 bits per heavy atom. The summed E-state index contributed by atoms with van der Waals surface area (Å²) < 4.78 is 5.70. The minimum atomic E-state index is -0.390. The number of aromatic nitrogens is 1. The zero-order valence-electron chi connectivity index (χ0n) is 18.0. The van der Waals surface area contributed by atoms with Crippen LogP contribution < -0.4 is 15.0 Å². The van der Waals surface area contributed by atoms with E-state index in [4.69, 9.17) is 4.74 Å². The van der Waals surface area contributed by atoms with Gasteiger partial charge < -0.3 is 10.1 Å². The number of anilines is 2. The van der Waals surface area contributed by atoms with Gasteiger partial charge >= 0.3 is 0 Å². The zero-order chi connectivity index (χ0) is 23.5. The zero-order valence-corrected chi connectivity index (χ0v) is 18.0. The van der Waals surface area contributed by atoms with Crippen molar-refractivity contribution in [2.24, 2.45) is 0 Å². The third-order valence-electron chi connectivity index (χ3n) is 5.38. The van der Waals surface area contributed by atoms with Crippen LogP contribution in [0.1, 0.15) is 36.6 Å². The molecule has 0 bridgehead atoms. The quantitative estimate of drug-likeness (QED) is 0.431. The van der Waals surface area contributed by atoms with Gasteiger partial charge in [-0.05, 0) is 42.0 Å². The fourth-order valence-electron chi connectivity index (χ4n) is 3.71. The van der Waals surface area contributed by atoms with E-state index in [-0.39, 0.29) is 5.91 Å².